The summed E-state index contributed by atoms with van der Waals surface area (Å²) >= 11 is 4.66. The minimum absolute atomic E-state index is 0.160. The second-order valence-electron chi connectivity index (χ2n) is 8.07. The van der Waals surface area contributed by atoms with E-state index in [1.165, 1.54) is 22.7 Å². The predicted molar refractivity (Wildman–Crippen MR) is 140 cm³/mol. The van der Waals surface area contributed by atoms with Gasteiger partial charge in [0.15, 0.2) is 0 Å². The van der Waals surface area contributed by atoms with Crippen molar-refractivity contribution in [3.05, 3.63) is 70.2 Å². The zero-order chi connectivity index (χ0) is 24.7. The molecular weight excluding hydrogens is 517 g/mol. The van der Waals surface area contributed by atoms with Crippen LogP contribution in [0, 0.1) is 0 Å². The third kappa shape index (κ3) is 6.68. The highest BCUT2D eigenvalue weighted by Crippen LogP contribution is 2.47. The van der Waals surface area contributed by atoms with Crippen molar-refractivity contribution in [1.29, 1.82) is 0 Å². The highest BCUT2D eigenvalue weighted by molar-refractivity contribution is 8.00. The monoisotopic (exact) mass is 538 g/mol. The molecule has 2 atom stereocenters. The van der Waals surface area contributed by atoms with E-state index in [1.807, 2.05) is 48.2 Å². The Morgan fingerprint density at radius 1 is 0.806 bits per heavy atom. The van der Waals surface area contributed by atoms with E-state index in [4.69, 9.17) is 0 Å². The summed E-state index contributed by atoms with van der Waals surface area (Å²) < 4.78 is 0. The fourth-order valence-corrected chi connectivity index (χ4v) is 7.15. The summed E-state index contributed by atoms with van der Waals surface area (Å²) in [7, 11) is 0. The molecule has 4 aromatic rings. The van der Waals surface area contributed by atoms with Gasteiger partial charge in [0.25, 0.3) is 0 Å². The van der Waals surface area contributed by atoms with Gasteiger partial charge in [-0.15, -0.1) is 32.2 Å². The Hall–Kier alpha value is -3.29. The van der Waals surface area contributed by atoms with E-state index in [2.05, 4.69) is 41.0 Å². The van der Waals surface area contributed by atoms with Gasteiger partial charge >= 0.3 is 0 Å². The fourth-order valence-electron chi connectivity index (χ4n) is 3.70. The van der Waals surface area contributed by atoms with Crippen molar-refractivity contribution in [2.75, 3.05) is 10.6 Å². The summed E-state index contributed by atoms with van der Waals surface area (Å²) in [4.78, 5) is 32.9. The van der Waals surface area contributed by atoms with Crippen LogP contribution >= 0.6 is 34.4 Å². The number of rotatable bonds is 9. The molecule has 0 spiro atoms. The maximum Gasteiger partial charge on any atom is 0.232 e. The first-order valence-corrected chi connectivity index (χ1v) is 13.9. The van der Waals surface area contributed by atoms with Gasteiger partial charge in [-0.2, -0.15) is 0 Å². The van der Waals surface area contributed by atoms with Gasteiger partial charge in [-0.1, -0.05) is 34.8 Å². The topological polar surface area (TPSA) is 136 Å². The van der Waals surface area contributed by atoms with Crippen molar-refractivity contribution >= 4 is 56.5 Å². The Balaban J connectivity index is 1.09. The number of carbonyl (C=O) groups is 2. The van der Waals surface area contributed by atoms with E-state index in [-0.39, 0.29) is 29.9 Å². The lowest BCUT2D eigenvalue weighted by atomic mass is 10.1. The molecule has 1 aliphatic rings. The zero-order valence-electron chi connectivity index (χ0n) is 19.0. The Morgan fingerprint density at radius 2 is 1.44 bits per heavy atom. The lowest BCUT2D eigenvalue weighted by Crippen LogP contribution is -2.14. The highest BCUT2D eigenvalue weighted by atomic mass is 32.2. The molecule has 1 saturated heterocycles. The summed E-state index contributed by atoms with van der Waals surface area (Å²) in [6, 6.07) is 11.0. The van der Waals surface area contributed by atoms with Crippen molar-refractivity contribution in [3.8, 4) is 0 Å². The molecule has 5 heterocycles. The zero-order valence-corrected chi connectivity index (χ0v) is 21.5. The average Bonchev–Trinajstić information content (AvgIpc) is 3.62. The number of carbonyl (C=O) groups excluding carboxylic acids is 2. The van der Waals surface area contributed by atoms with Crippen LogP contribution in [0.15, 0.2) is 48.8 Å². The van der Waals surface area contributed by atoms with Gasteiger partial charge in [-0.25, -0.2) is 0 Å². The number of thioether (sulfide) groups is 1. The molecule has 0 aromatic carbocycles. The third-order valence-corrected chi connectivity index (χ3v) is 8.86. The Kier molecular flexibility index (Phi) is 7.88. The maximum atomic E-state index is 12.3. The SMILES string of the molecule is O=C(Cc1ccccn1)Nc1nnc(CC2CCC(c3nnc(NC(=O)Cc4ccccn4)s3)S2)s1. The van der Waals surface area contributed by atoms with E-state index < -0.39 is 0 Å². The van der Waals surface area contributed by atoms with Crippen molar-refractivity contribution in [2.45, 2.75) is 42.6 Å². The van der Waals surface area contributed by atoms with Crippen LogP contribution in [0.2, 0.25) is 0 Å². The molecule has 13 heteroatoms. The summed E-state index contributed by atoms with van der Waals surface area (Å²) in [6.07, 6.45) is 6.52. The first-order valence-electron chi connectivity index (χ1n) is 11.3. The molecule has 2 amide bonds. The van der Waals surface area contributed by atoms with Gasteiger partial charge in [0, 0.05) is 35.5 Å². The standard InChI is InChI=1S/C23H22N8O2S3/c32-18(11-14-5-1-3-9-24-14)26-22-30-28-20(35-22)13-16-7-8-17(34-16)21-29-31-23(36-21)27-19(33)12-15-6-2-4-10-25-15/h1-6,9-10,16-17H,7-8,11-13H2,(H,26,30,32)(H,27,31,33). The van der Waals surface area contributed by atoms with Crippen LogP contribution in [-0.4, -0.2) is 47.4 Å². The molecule has 0 saturated carbocycles. The molecule has 1 aliphatic heterocycles. The van der Waals surface area contributed by atoms with Crippen LogP contribution in [0.5, 0.6) is 0 Å². The smallest absolute Gasteiger partial charge is 0.232 e. The number of nitrogens with one attached hydrogen (secondary N) is 2. The minimum Gasteiger partial charge on any atom is -0.300 e. The van der Waals surface area contributed by atoms with Crippen LogP contribution in [0.3, 0.4) is 0 Å². The predicted octanol–water partition coefficient (Wildman–Crippen LogP) is 3.72. The molecule has 10 nitrogen and oxygen atoms in total. The van der Waals surface area contributed by atoms with Crippen LogP contribution < -0.4 is 10.6 Å². The maximum absolute atomic E-state index is 12.3. The number of pyridine rings is 2. The first-order chi connectivity index (χ1) is 17.6. The number of amides is 2. The molecule has 2 unspecified atom stereocenters. The normalized spacial score (nSPS) is 17.1. The Labute approximate surface area is 219 Å². The molecule has 36 heavy (non-hydrogen) atoms. The molecule has 184 valence electrons. The quantitative estimate of drug-likeness (QED) is 0.327. The molecular formula is C23H22N8O2S3. The van der Waals surface area contributed by atoms with Crippen LogP contribution in [-0.2, 0) is 28.9 Å². The van der Waals surface area contributed by atoms with Gasteiger partial charge in [-0.05, 0) is 37.1 Å². The average molecular weight is 539 g/mol. The van der Waals surface area contributed by atoms with Gasteiger partial charge in [0.1, 0.15) is 10.0 Å². The molecule has 0 bridgehead atoms. The van der Waals surface area contributed by atoms with Crippen molar-refractivity contribution in [3.63, 3.8) is 0 Å². The van der Waals surface area contributed by atoms with Crippen molar-refractivity contribution in [2.24, 2.45) is 0 Å². The Bertz CT molecular complexity index is 1320. The summed E-state index contributed by atoms with van der Waals surface area (Å²) in [5, 5.41) is 25.9. The lowest BCUT2D eigenvalue weighted by Gasteiger charge is -2.07. The second kappa shape index (κ2) is 11.6. The van der Waals surface area contributed by atoms with Crippen LogP contribution in [0.4, 0.5) is 10.3 Å². The molecule has 0 aliphatic carbocycles. The van der Waals surface area contributed by atoms with E-state index in [1.54, 1.807) is 12.4 Å². The largest absolute Gasteiger partial charge is 0.300 e. The fraction of sp³-hybridized carbons (Fsp3) is 0.304. The number of hydrogen-bond donors (Lipinski definition) is 2. The summed E-state index contributed by atoms with van der Waals surface area (Å²) in [5.74, 6) is -0.321. The van der Waals surface area contributed by atoms with Crippen molar-refractivity contribution in [1.82, 2.24) is 30.4 Å². The summed E-state index contributed by atoms with van der Waals surface area (Å²) in [5.41, 5.74) is 1.42. The van der Waals surface area contributed by atoms with E-state index in [0.717, 1.165) is 29.3 Å². The minimum atomic E-state index is -0.161. The molecule has 1 fully saturated rings. The highest BCUT2D eigenvalue weighted by Gasteiger charge is 2.30. The lowest BCUT2D eigenvalue weighted by molar-refractivity contribution is -0.116. The number of hydrogen-bond acceptors (Lipinski definition) is 11. The Morgan fingerprint density at radius 3 is 2.08 bits per heavy atom. The number of nitrogens with zero attached hydrogens (tertiary/aromatic N) is 6. The number of anilines is 2. The van der Waals surface area contributed by atoms with E-state index in [0.29, 0.717) is 26.9 Å². The van der Waals surface area contributed by atoms with Gasteiger partial charge in [-0.3, -0.25) is 19.6 Å². The third-order valence-electron chi connectivity index (χ3n) is 5.32. The van der Waals surface area contributed by atoms with Crippen LogP contribution in [0.25, 0.3) is 0 Å². The van der Waals surface area contributed by atoms with E-state index in [9.17, 15) is 9.59 Å². The van der Waals surface area contributed by atoms with E-state index >= 15 is 0 Å². The van der Waals surface area contributed by atoms with Gasteiger partial charge in [0.2, 0.25) is 22.1 Å². The van der Waals surface area contributed by atoms with Crippen molar-refractivity contribution < 1.29 is 9.59 Å². The number of aromatic nitrogens is 6. The molecule has 5 rings (SSSR count). The van der Waals surface area contributed by atoms with Gasteiger partial charge in [0.05, 0.1) is 18.1 Å². The molecule has 0 radical (unpaired) electrons. The summed E-state index contributed by atoms with van der Waals surface area (Å²) in [6.45, 7) is 0. The van der Waals surface area contributed by atoms with Crippen LogP contribution in [0.1, 0.15) is 39.5 Å². The molecule has 2 N–H and O–H groups in total. The second-order valence-corrected chi connectivity index (χ2v) is 11.6. The van der Waals surface area contributed by atoms with Gasteiger partial charge < -0.3 is 10.6 Å². The molecule has 4 aromatic heterocycles. The first kappa shape index (κ1) is 24.4.